The fraction of sp³-hybridized carbons (Fsp3) is 0.133. The monoisotopic (exact) mass is 394 g/mol. The smallest absolute Gasteiger partial charge is 0.416 e. The molecule has 24 heavy (non-hydrogen) atoms. The lowest BCUT2D eigenvalue weighted by Crippen LogP contribution is -2.28. The van der Waals surface area contributed by atoms with Crippen molar-refractivity contribution in [1.82, 2.24) is 14.6 Å². The van der Waals surface area contributed by atoms with Crippen LogP contribution in [-0.2, 0) is 4.74 Å². The number of aromatic nitrogens is 3. The molecule has 3 aromatic rings. The highest BCUT2D eigenvalue weighted by Gasteiger charge is 2.36. The van der Waals surface area contributed by atoms with Gasteiger partial charge in [-0.3, -0.25) is 4.90 Å². The van der Waals surface area contributed by atoms with Crippen molar-refractivity contribution in [1.29, 1.82) is 0 Å². The molecule has 0 N–H and O–H groups in total. The van der Waals surface area contributed by atoms with Gasteiger partial charge in [0, 0.05) is 6.20 Å². The summed E-state index contributed by atoms with van der Waals surface area (Å²) in [6.45, 7) is 0.0250. The van der Waals surface area contributed by atoms with Crippen LogP contribution in [0.15, 0.2) is 41.1 Å². The average Bonchev–Trinajstić information content (AvgIpc) is 3.13. The number of nitrogens with zero attached hydrogens (tertiary/aromatic N) is 4. The van der Waals surface area contributed by atoms with Gasteiger partial charge in [-0.25, -0.2) is 23.1 Å². The first-order valence-electron chi connectivity index (χ1n) is 6.95. The summed E-state index contributed by atoms with van der Waals surface area (Å²) in [4.78, 5) is 17.8. The summed E-state index contributed by atoms with van der Waals surface area (Å²) < 4.78 is 34.0. The number of carbonyl (C=O) groups excluding carboxylic acids is 1. The number of amides is 1. The number of carbonyl (C=O) groups is 1. The van der Waals surface area contributed by atoms with E-state index >= 15 is 0 Å². The van der Waals surface area contributed by atoms with Crippen LogP contribution in [0.25, 0.3) is 5.65 Å². The fourth-order valence-corrected chi connectivity index (χ4v) is 2.97. The summed E-state index contributed by atoms with van der Waals surface area (Å²) in [5, 5.41) is 4.08. The van der Waals surface area contributed by atoms with Crippen LogP contribution in [-0.4, -0.2) is 27.3 Å². The zero-order valence-corrected chi connectivity index (χ0v) is 13.6. The lowest BCUT2D eigenvalue weighted by molar-refractivity contribution is 0.179. The molecule has 0 spiro atoms. The molecule has 1 fully saturated rings. The third-order valence-corrected chi connectivity index (χ3v) is 4.32. The molecule has 1 unspecified atom stereocenters. The molecule has 1 aliphatic heterocycles. The van der Waals surface area contributed by atoms with E-state index in [4.69, 9.17) is 4.74 Å². The largest absolute Gasteiger partial charge is 0.447 e. The zero-order valence-electron chi connectivity index (χ0n) is 12.0. The van der Waals surface area contributed by atoms with Crippen LogP contribution in [0.3, 0.4) is 0 Å². The van der Waals surface area contributed by atoms with Crippen molar-refractivity contribution in [2.24, 2.45) is 0 Å². The number of cyclic esters (lactones) is 1. The summed E-state index contributed by atoms with van der Waals surface area (Å²) in [5.74, 6) is -1.59. The van der Waals surface area contributed by atoms with Crippen molar-refractivity contribution >= 4 is 33.5 Å². The quantitative estimate of drug-likeness (QED) is 0.667. The van der Waals surface area contributed by atoms with Gasteiger partial charge >= 0.3 is 6.09 Å². The minimum atomic E-state index is -0.978. The molecule has 1 aromatic carbocycles. The second-order valence-electron chi connectivity index (χ2n) is 5.18. The first-order chi connectivity index (χ1) is 11.5. The van der Waals surface area contributed by atoms with Crippen LogP contribution >= 0.6 is 15.9 Å². The van der Waals surface area contributed by atoms with Gasteiger partial charge in [0.2, 0.25) is 0 Å². The van der Waals surface area contributed by atoms with E-state index in [1.807, 2.05) is 0 Å². The van der Waals surface area contributed by atoms with E-state index in [0.29, 0.717) is 21.5 Å². The molecule has 0 radical (unpaired) electrons. The number of anilines is 1. The van der Waals surface area contributed by atoms with Crippen LogP contribution in [0, 0.1) is 11.6 Å². The minimum absolute atomic E-state index is 0.0250. The van der Waals surface area contributed by atoms with Gasteiger partial charge in [-0.2, -0.15) is 5.10 Å². The number of rotatable bonds is 2. The second-order valence-corrected chi connectivity index (χ2v) is 6.04. The summed E-state index contributed by atoms with van der Waals surface area (Å²) in [6.07, 6.45) is 2.63. The maximum Gasteiger partial charge on any atom is 0.416 e. The van der Waals surface area contributed by atoms with Gasteiger partial charge in [-0.15, -0.1) is 0 Å². The average molecular weight is 395 g/mol. The lowest BCUT2D eigenvalue weighted by Gasteiger charge is -2.20. The molecule has 0 aliphatic carbocycles. The van der Waals surface area contributed by atoms with Gasteiger partial charge < -0.3 is 4.74 Å². The van der Waals surface area contributed by atoms with E-state index in [1.165, 1.54) is 11.0 Å². The van der Waals surface area contributed by atoms with Crippen molar-refractivity contribution < 1.29 is 18.3 Å². The number of ether oxygens (including phenoxy) is 1. The molecule has 1 atom stereocenters. The van der Waals surface area contributed by atoms with Crippen molar-refractivity contribution in [2.45, 2.75) is 6.04 Å². The van der Waals surface area contributed by atoms with Crippen LogP contribution < -0.4 is 4.90 Å². The SMILES string of the molecule is O=C1OCC(c2ccc(F)c(F)c2)N1c1ccn2ncc(Br)c2n1. The van der Waals surface area contributed by atoms with Gasteiger partial charge in [-0.1, -0.05) is 6.07 Å². The molecule has 1 aliphatic rings. The van der Waals surface area contributed by atoms with E-state index in [9.17, 15) is 13.6 Å². The van der Waals surface area contributed by atoms with Crippen LogP contribution in [0.4, 0.5) is 19.4 Å². The Morgan fingerprint density at radius 3 is 2.88 bits per heavy atom. The van der Waals surface area contributed by atoms with Gasteiger partial charge in [-0.05, 0) is 39.7 Å². The Morgan fingerprint density at radius 2 is 2.08 bits per heavy atom. The normalized spacial score (nSPS) is 17.5. The van der Waals surface area contributed by atoms with Gasteiger partial charge in [0.25, 0.3) is 0 Å². The van der Waals surface area contributed by atoms with E-state index in [1.54, 1.807) is 23.0 Å². The predicted molar refractivity (Wildman–Crippen MR) is 83.6 cm³/mol. The van der Waals surface area contributed by atoms with Crippen molar-refractivity contribution in [2.75, 3.05) is 11.5 Å². The Labute approximate surface area is 142 Å². The third-order valence-electron chi connectivity index (χ3n) is 3.76. The maximum atomic E-state index is 13.5. The van der Waals surface area contributed by atoms with E-state index in [0.717, 1.165) is 12.1 Å². The molecule has 6 nitrogen and oxygen atoms in total. The predicted octanol–water partition coefficient (Wildman–Crippen LogP) is 3.47. The molecular formula is C15H9BrF2N4O2. The Balaban J connectivity index is 1.79. The highest BCUT2D eigenvalue weighted by atomic mass is 79.9. The minimum Gasteiger partial charge on any atom is -0.447 e. The molecule has 1 amide bonds. The van der Waals surface area contributed by atoms with Crippen molar-refractivity contribution in [3.8, 4) is 0 Å². The number of hydrogen-bond acceptors (Lipinski definition) is 4. The van der Waals surface area contributed by atoms with E-state index < -0.39 is 23.8 Å². The Kier molecular flexibility index (Phi) is 3.45. The summed E-state index contributed by atoms with van der Waals surface area (Å²) in [6, 6.07) is 4.51. The second kappa shape index (κ2) is 5.52. The van der Waals surface area contributed by atoms with Gasteiger partial charge in [0.05, 0.1) is 10.7 Å². The molecule has 122 valence electrons. The molecule has 2 aromatic heterocycles. The van der Waals surface area contributed by atoms with Crippen molar-refractivity contribution in [3.05, 3.63) is 58.3 Å². The van der Waals surface area contributed by atoms with Gasteiger partial charge in [0.1, 0.15) is 18.5 Å². The Hall–Kier alpha value is -2.55. The standard InChI is InChI=1S/C15H9BrF2N4O2/c16-9-6-19-21-4-3-13(20-14(9)21)22-12(7-24-15(22)23)8-1-2-10(17)11(18)5-8/h1-6,12H,7H2. The van der Waals surface area contributed by atoms with E-state index in [2.05, 4.69) is 26.0 Å². The van der Waals surface area contributed by atoms with Gasteiger partial charge in [0.15, 0.2) is 17.3 Å². The first-order valence-corrected chi connectivity index (χ1v) is 7.75. The van der Waals surface area contributed by atoms with Crippen LogP contribution in [0.5, 0.6) is 0 Å². The highest BCUT2D eigenvalue weighted by molar-refractivity contribution is 9.10. The van der Waals surface area contributed by atoms with E-state index in [-0.39, 0.29) is 6.61 Å². The topological polar surface area (TPSA) is 59.7 Å². The molecule has 3 heterocycles. The zero-order chi connectivity index (χ0) is 16.8. The number of fused-ring (bicyclic) bond motifs is 1. The number of hydrogen-bond donors (Lipinski definition) is 0. The summed E-state index contributed by atoms with van der Waals surface area (Å²) >= 11 is 3.33. The van der Waals surface area contributed by atoms with Crippen LogP contribution in [0.1, 0.15) is 11.6 Å². The first kappa shape index (κ1) is 15.0. The number of halogens is 3. The maximum absolute atomic E-state index is 13.5. The molecule has 9 heteroatoms. The molecular weight excluding hydrogens is 386 g/mol. The third kappa shape index (κ3) is 2.32. The fourth-order valence-electron chi connectivity index (χ4n) is 2.61. The number of benzene rings is 1. The Bertz CT molecular complexity index is 962. The van der Waals surface area contributed by atoms with Crippen molar-refractivity contribution in [3.63, 3.8) is 0 Å². The molecule has 0 saturated carbocycles. The summed E-state index contributed by atoms with van der Waals surface area (Å²) in [5.41, 5.74) is 0.949. The molecule has 0 bridgehead atoms. The summed E-state index contributed by atoms with van der Waals surface area (Å²) in [7, 11) is 0. The molecule has 1 saturated heterocycles. The van der Waals surface area contributed by atoms with Crippen LogP contribution in [0.2, 0.25) is 0 Å². The Morgan fingerprint density at radius 1 is 1.25 bits per heavy atom. The lowest BCUT2D eigenvalue weighted by atomic mass is 10.1. The highest BCUT2D eigenvalue weighted by Crippen LogP contribution is 2.33. The molecule has 4 rings (SSSR count).